The molecule has 154 valence electrons. The van der Waals surface area contributed by atoms with E-state index in [-0.39, 0.29) is 16.6 Å². The lowest BCUT2D eigenvalue weighted by Crippen LogP contribution is -2.36. The Morgan fingerprint density at radius 2 is 1.90 bits per heavy atom. The highest BCUT2D eigenvalue weighted by atomic mass is 16.5. The fraction of sp³-hybridized carbons (Fsp3) is 0.261. The molecule has 7 nitrogen and oxygen atoms in total. The number of carbonyl (C=O) groups excluding carboxylic acids is 2. The molecule has 1 fully saturated rings. The van der Waals surface area contributed by atoms with E-state index in [4.69, 9.17) is 13.9 Å². The van der Waals surface area contributed by atoms with Crippen molar-refractivity contribution in [3.63, 3.8) is 0 Å². The topological polar surface area (TPSA) is 86.1 Å². The lowest BCUT2D eigenvalue weighted by Gasteiger charge is -2.27. The Morgan fingerprint density at radius 1 is 1.13 bits per heavy atom. The van der Waals surface area contributed by atoms with Crippen molar-refractivity contribution < 1.29 is 23.5 Å². The third-order valence-electron chi connectivity index (χ3n) is 5.37. The molecule has 1 aliphatic heterocycles. The molecular weight excluding hydrogens is 386 g/mol. The van der Waals surface area contributed by atoms with E-state index in [9.17, 15) is 14.4 Å². The van der Waals surface area contributed by atoms with E-state index in [0.29, 0.717) is 66.1 Å². The van der Waals surface area contributed by atoms with Gasteiger partial charge in [-0.1, -0.05) is 18.2 Å². The summed E-state index contributed by atoms with van der Waals surface area (Å²) in [6.07, 6.45) is 0.644. The van der Waals surface area contributed by atoms with Crippen LogP contribution in [0.4, 0.5) is 5.88 Å². The lowest BCUT2D eigenvalue weighted by molar-refractivity contribution is 0.0598. The summed E-state index contributed by atoms with van der Waals surface area (Å²) in [6.45, 7) is 4.27. The van der Waals surface area contributed by atoms with Crippen molar-refractivity contribution in [2.75, 3.05) is 38.3 Å². The van der Waals surface area contributed by atoms with Crippen LogP contribution in [0, 0.1) is 6.92 Å². The number of methoxy groups -OCH3 is 1. The number of anilines is 1. The van der Waals surface area contributed by atoms with Gasteiger partial charge < -0.3 is 18.8 Å². The quantitative estimate of drug-likeness (QED) is 0.485. The average molecular weight is 407 g/mol. The van der Waals surface area contributed by atoms with Crippen LogP contribution in [0.15, 0.2) is 45.6 Å². The Hall–Kier alpha value is -3.45. The highest BCUT2D eigenvalue weighted by molar-refractivity contribution is 6.03. The molecule has 30 heavy (non-hydrogen) atoms. The molecule has 2 aromatic carbocycles. The van der Waals surface area contributed by atoms with Crippen LogP contribution in [-0.2, 0) is 9.47 Å². The molecule has 3 aromatic rings. The third-order valence-corrected chi connectivity index (χ3v) is 5.37. The molecule has 1 saturated heterocycles. The first-order chi connectivity index (χ1) is 14.5. The molecule has 0 N–H and O–H groups in total. The Morgan fingerprint density at radius 3 is 2.60 bits per heavy atom. The average Bonchev–Trinajstić information content (AvgIpc) is 2.79. The first-order valence-electron chi connectivity index (χ1n) is 9.62. The summed E-state index contributed by atoms with van der Waals surface area (Å²) >= 11 is 0. The van der Waals surface area contributed by atoms with E-state index in [1.165, 1.54) is 13.2 Å². The Bertz CT molecular complexity index is 1190. The zero-order valence-electron chi connectivity index (χ0n) is 16.8. The van der Waals surface area contributed by atoms with E-state index in [1.807, 2.05) is 11.8 Å². The number of hydrogen-bond donors (Lipinski definition) is 0. The molecule has 7 heteroatoms. The van der Waals surface area contributed by atoms with Gasteiger partial charge in [0.1, 0.15) is 5.58 Å². The smallest absolute Gasteiger partial charge is 0.338 e. The SMILES string of the molecule is COC(=O)c1cccc(-c2ccc3c(=O)cc(N4CCOCC4)oc3c2C)c1C=O. The Labute approximate surface area is 172 Å². The fourth-order valence-electron chi connectivity index (χ4n) is 3.79. The van der Waals surface area contributed by atoms with Crippen LogP contribution in [0.1, 0.15) is 26.3 Å². The summed E-state index contributed by atoms with van der Waals surface area (Å²) in [6, 6.07) is 9.96. The van der Waals surface area contributed by atoms with Gasteiger partial charge >= 0.3 is 5.97 Å². The number of esters is 1. The molecule has 0 radical (unpaired) electrons. The van der Waals surface area contributed by atoms with Crippen molar-refractivity contribution in [2.45, 2.75) is 6.92 Å². The van der Waals surface area contributed by atoms with E-state index in [2.05, 4.69) is 0 Å². The number of hydrogen-bond acceptors (Lipinski definition) is 7. The molecule has 0 amide bonds. The van der Waals surface area contributed by atoms with Crippen LogP contribution < -0.4 is 10.3 Å². The van der Waals surface area contributed by atoms with E-state index < -0.39 is 5.97 Å². The molecule has 0 unspecified atom stereocenters. The van der Waals surface area contributed by atoms with Crippen molar-refractivity contribution in [1.29, 1.82) is 0 Å². The maximum absolute atomic E-state index is 12.7. The van der Waals surface area contributed by atoms with Gasteiger partial charge in [-0.05, 0) is 30.2 Å². The molecule has 0 saturated carbocycles. The molecule has 1 aromatic heterocycles. The summed E-state index contributed by atoms with van der Waals surface area (Å²) in [5, 5.41) is 0.463. The minimum atomic E-state index is -0.585. The largest absolute Gasteiger partial charge is 0.465 e. The van der Waals surface area contributed by atoms with Gasteiger partial charge in [-0.3, -0.25) is 9.59 Å². The highest BCUT2D eigenvalue weighted by Gasteiger charge is 2.20. The zero-order chi connectivity index (χ0) is 21.3. The number of fused-ring (bicyclic) bond motifs is 1. The predicted molar refractivity (Wildman–Crippen MR) is 112 cm³/mol. The van der Waals surface area contributed by atoms with Crippen LogP contribution in [0.2, 0.25) is 0 Å². The van der Waals surface area contributed by atoms with Crippen molar-refractivity contribution in [3.8, 4) is 11.1 Å². The van der Waals surface area contributed by atoms with Crippen molar-refractivity contribution in [3.05, 3.63) is 63.3 Å². The van der Waals surface area contributed by atoms with Crippen LogP contribution >= 0.6 is 0 Å². The van der Waals surface area contributed by atoms with Gasteiger partial charge in [0.15, 0.2) is 17.6 Å². The molecule has 2 heterocycles. The van der Waals surface area contributed by atoms with Crippen LogP contribution in [0.25, 0.3) is 22.1 Å². The molecule has 4 rings (SSSR count). The molecule has 0 spiro atoms. The number of aryl methyl sites for hydroxylation is 1. The van der Waals surface area contributed by atoms with E-state index in [0.717, 1.165) is 0 Å². The van der Waals surface area contributed by atoms with Gasteiger partial charge in [0.25, 0.3) is 0 Å². The summed E-state index contributed by atoms with van der Waals surface area (Å²) < 4.78 is 16.3. The highest BCUT2D eigenvalue weighted by Crippen LogP contribution is 2.33. The minimum Gasteiger partial charge on any atom is -0.465 e. The molecule has 0 atom stereocenters. The maximum atomic E-state index is 12.7. The van der Waals surface area contributed by atoms with Gasteiger partial charge in [0.2, 0.25) is 0 Å². The summed E-state index contributed by atoms with van der Waals surface area (Å²) in [5.74, 6) is -0.0894. The lowest BCUT2D eigenvalue weighted by atomic mass is 9.92. The van der Waals surface area contributed by atoms with Crippen LogP contribution in [0.5, 0.6) is 0 Å². The number of morpholine rings is 1. The number of rotatable bonds is 4. The van der Waals surface area contributed by atoms with E-state index >= 15 is 0 Å². The van der Waals surface area contributed by atoms with Gasteiger partial charge in [0.05, 0.1) is 31.3 Å². The third kappa shape index (κ3) is 3.37. The number of aldehydes is 1. The van der Waals surface area contributed by atoms with Gasteiger partial charge in [-0.2, -0.15) is 0 Å². The summed E-state index contributed by atoms with van der Waals surface area (Å²) in [5.41, 5.74) is 2.74. The molecular formula is C23H21NO6. The van der Waals surface area contributed by atoms with E-state index in [1.54, 1.807) is 30.3 Å². The second-order valence-corrected chi connectivity index (χ2v) is 7.04. The monoisotopic (exact) mass is 407 g/mol. The zero-order valence-corrected chi connectivity index (χ0v) is 16.8. The molecule has 0 bridgehead atoms. The number of carbonyl (C=O) groups is 2. The van der Waals surface area contributed by atoms with Crippen LogP contribution in [-0.4, -0.2) is 45.7 Å². The first-order valence-corrected chi connectivity index (χ1v) is 9.62. The van der Waals surface area contributed by atoms with Gasteiger partial charge in [-0.25, -0.2) is 4.79 Å². The Kier molecular flexibility index (Phi) is 5.37. The number of nitrogens with zero attached hydrogens (tertiary/aromatic N) is 1. The first kappa shape index (κ1) is 19.8. The van der Waals surface area contributed by atoms with Crippen molar-refractivity contribution >= 4 is 29.1 Å². The number of ether oxygens (including phenoxy) is 2. The maximum Gasteiger partial charge on any atom is 0.338 e. The van der Waals surface area contributed by atoms with Gasteiger partial charge in [0, 0.05) is 30.3 Å². The minimum absolute atomic E-state index is 0.133. The van der Waals surface area contributed by atoms with Gasteiger partial charge in [-0.15, -0.1) is 0 Å². The van der Waals surface area contributed by atoms with Crippen molar-refractivity contribution in [2.24, 2.45) is 0 Å². The number of benzene rings is 2. The normalized spacial score (nSPS) is 14.0. The molecule has 0 aliphatic carbocycles. The second kappa shape index (κ2) is 8.12. The predicted octanol–water partition coefficient (Wildman–Crippen LogP) is 3.20. The second-order valence-electron chi connectivity index (χ2n) is 7.04. The van der Waals surface area contributed by atoms with Crippen LogP contribution in [0.3, 0.4) is 0 Å². The molecule has 1 aliphatic rings. The summed E-state index contributed by atoms with van der Waals surface area (Å²) in [4.78, 5) is 38.6. The standard InChI is InChI=1S/C23H21NO6/c1-14-15(16-4-3-5-17(19(16)13-25)23(27)28-2)6-7-18-20(26)12-21(30-22(14)18)24-8-10-29-11-9-24/h3-7,12-13H,8-11H2,1-2H3. The fourth-order valence-corrected chi connectivity index (χ4v) is 3.79. The summed E-state index contributed by atoms with van der Waals surface area (Å²) in [7, 11) is 1.27. The Balaban J connectivity index is 1.91. The van der Waals surface area contributed by atoms with Crippen molar-refractivity contribution in [1.82, 2.24) is 0 Å².